The van der Waals surface area contributed by atoms with Gasteiger partial charge in [-0.25, -0.2) is 9.59 Å². The molecule has 0 unspecified atom stereocenters. The number of rotatable bonds is 11. The first-order chi connectivity index (χ1) is 12.4. The minimum absolute atomic E-state index is 0.0795. The quantitative estimate of drug-likeness (QED) is 0.517. The molecule has 0 saturated heterocycles. The summed E-state index contributed by atoms with van der Waals surface area (Å²) in [5.41, 5.74) is -0.686. The van der Waals surface area contributed by atoms with Crippen LogP contribution >= 0.6 is 0 Å². The van der Waals surface area contributed by atoms with Crippen molar-refractivity contribution in [2.45, 2.75) is 98.3 Å². The first kappa shape index (κ1) is 25.2. The number of esters is 1. The van der Waals surface area contributed by atoms with Gasteiger partial charge in [0.1, 0.15) is 17.7 Å². The number of hydrogen-bond donors (Lipinski definition) is 2. The van der Waals surface area contributed by atoms with Crippen LogP contribution in [-0.2, 0) is 19.1 Å². The maximum atomic E-state index is 12.7. The van der Waals surface area contributed by atoms with Crippen LogP contribution in [0, 0.1) is 11.8 Å². The number of nitrogens with one attached hydrogen (secondary N) is 1. The molecule has 0 fully saturated rings. The van der Waals surface area contributed by atoms with Crippen LogP contribution in [0.4, 0.5) is 4.79 Å². The van der Waals surface area contributed by atoms with E-state index in [4.69, 9.17) is 14.6 Å². The van der Waals surface area contributed by atoms with Crippen molar-refractivity contribution in [3.63, 3.8) is 0 Å². The standard InChI is InChI=1S/C20H37NO6/c1-8-10-11-14(4)15(12-16(22)23)26-18(24)17(13(3)9-2)21-19(25)27-20(5,6)7/h13-15,17H,8-12H2,1-7H3,(H,21,25)(H,22,23)/t13-,14+,15+,17-/m1/s1. The molecule has 2 N–H and O–H groups in total. The molecule has 0 radical (unpaired) electrons. The van der Waals surface area contributed by atoms with E-state index >= 15 is 0 Å². The van der Waals surface area contributed by atoms with Crippen LogP contribution in [-0.4, -0.2) is 40.9 Å². The third-order valence-corrected chi connectivity index (χ3v) is 4.43. The number of hydrogen-bond acceptors (Lipinski definition) is 5. The first-order valence-electron chi connectivity index (χ1n) is 9.83. The van der Waals surface area contributed by atoms with Gasteiger partial charge in [-0.2, -0.15) is 0 Å². The van der Waals surface area contributed by atoms with Crippen molar-refractivity contribution in [1.29, 1.82) is 0 Å². The molecule has 0 spiro atoms. The van der Waals surface area contributed by atoms with E-state index in [1.54, 1.807) is 20.8 Å². The molecule has 7 nitrogen and oxygen atoms in total. The van der Waals surface area contributed by atoms with Crippen molar-refractivity contribution in [3.8, 4) is 0 Å². The Kier molecular flexibility index (Phi) is 11.0. The number of carboxylic acids is 1. The van der Waals surface area contributed by atoms with Gasteiger partial charge in [0.2, 0.25) is 0 Å². The van der Waals surface area contributed by atoms with E-state index in [1.807, 2.05) is 20.8 Å². The molecule has 0 aromatic heterocycles. The van der Waals surface area contributed by atoms with E-state index in [0.29, 0.717) is 6.42 Å². The highest BCUT2D eigenvalue weighted by Gasteiger charge is 2.33. The minimum atomic E-state index is -1.02. The van der Waals surface area contributed by atoms with Crippen molar-refractivity contribution in [3.05, 3.63) is 0 Å². The zero-order chi connectivity index (χ0) is 21.2. The second-order valence-electron chi connectivity index (χ2n) is 8.20. The molecule has 0 aliphatic heterocycles. The van der Waals surface area contributed by atoms with Gasteiger partial charge in [0.15, 0.2) is 0 Å². The lowest BCUT2D eigenvalue weighted by Gasteiger charge is -2.29. The summed E-state index contributed by atoms with van der Waals surface area (Å²) in [7, 11) is 0. The molecule has 0 aliphatic rings. The van der Waals surface area contributed by atoms with Crippen LogP contribution in [0.1, 0.15) is 80.6 Å². The largest absolute Gasteiger partial charge is 0.481 e. The Hall–Kier alpha value is -1.79. The lowest BCUT2D eigenvalue weighted by atomic mass is 9.95. The summed E-state index contributed by atoms with van der Waals surface area (Å²) in [4.78, 5) is 36.0. The summed E-state index contributed by atoms with van der Waals surface area (Å²) in [6, 6.07) is -0.889. The Morgan fingerprint density at radius 1 is 1.07 bits per heavy atom. The number of alkyl carbamates (subject to hydrolysis) is 1. The number of carbonyl (C=O) groups is 3. The average molecular weight is 388 g/mol. The Balaban J connectivity index is 5.20. The van der Waals surface area contributed by atoms with E-state index in [0.717, 1.165) is 19.3 Å². The highest BCUT2D eigenvalue weighted by molar-refractivity contribution is 5.82. The van der Waals surface area contributed by atoms with E-state index in [1.165, 1.54) is 0 Å². The maximum Gasteiger partial charge on any atom is 0.408 e. The van der Waals surface area contributed by atoms with Crippen molar-refractivity contribution in [1.82, 2.24) is 5.32 Å². The lowest BCUT2D eigenvalue weighted by Crippen LogP contribution is -2.49. The van der Waals surface area contributed by atoms with E-state index < -0.39 is 35.8 Å². The number of carbonyl (C=O) groups excluding carboxylic acids is 2. The van der Waals surface area contributed by atoms with Gasteiger partial charge >= 0.3 is 18.0 Å². The summed E-state index contributed by atoms with van der Waals surface area (Å²) in [6.07, 6.45) is 1.65. The molecule has 0 aliphatic carbocycles. The molecule has 7 heteroatoms. The van der Waals surface area contributed by atoms with Crippen molar-refractivity contribution < 1.29 is 29.0 Å². The molecular weight excluding hydrogens is 350 g/mol. The van der Waals surface area contributed by atoms with Gasteiger partial charge in [-0.05, 0) is 39.0 Å². The summed E-state index contributed by atoms with van der Waals surface area (Å²) in [6.45, 7) is 12.9. The smallest absolute Gasteiger partial charge is 0.408 e. The fraction of sp³-hybridized carbons (Fsp3) is 0.850. The first-order valence-corrected chi connectivity index (χ1v) is 9.83. The Morgan fingerprint density at radius 2 is 1.67 bits per heavy atom. The van der Waals surface area contributed by atoms with Crippen molar-refractivity contribution >= 4 is 18.0 Å². The van der Waals surface area contributed by atoms with Gasteiger partial charge in [-0.3, -0.25) is 4.79 Å². The van der Waals surface area contributed by atoms with Crippen molar-refractivity contribution in [2.24, 2.45) is 11.8 Å². The van der Waals surface area contributed by atoms with E-state index in [9.17, 15) is 14.4 Å². The average Bonchev–Trinajstić information content (AvgIpc) is 2.54. The Bertz CT molecular complexity index is 485. The second-order valence-corrected chi connectivity index (χ2v) is 8.20. The Morgan fingerprint density at radius 3 is 2.11 bits per heavy atom. The number of unbranched alkanes of at least 4 members (excludes halogenated alkanes) is 1. The molecular formula is C20H37NO6. The molecule has 0 aromatic rings. The van der Waals surface area contributed by atoms with E-state index in [-0.39, 0.29) is 18.3 Å². The SMILES string of the molecule is CCCC[C@H](C)[C@H](CC(=O)O)OC(=O)[C@H](NC(=O)OC(C)(C)C)[C@H](C)CC. The van der Waals surface area contributed by atoms with E-state index in [2.05, 4.69) is 12.2 Å². The molecule has 0 aromatic carbocycles. The van der Waals surface area contributed by atoms with Crippen LogP contribution in [0.15, 0.2) is 0 Å². The molecule has 158 valence electrons. The molecule has 0 bridgehead atoms. The summed E-state index contributed by atoms with van der Waals surface area (Å²) < 4.78 is 10.8. The summed E-state index contributed by atoms with van der Waals surface area (Å²) in [5, 5.41) is 11.7. The summed E-state index contributed by atoms with van der Waals surface area (Å²) in [5.74, 6) is -1.90. The predicted molar refractivity (Wildman–Crippen MR) is 103 cm³/mol. The second kappa shape index (κ2) is 11.8. The topological polar surface area (TPSA) is 102 Å². The van der Waals surface area contributed by atoms with Gasteiger partial charge in [0.05, 0.1) is 6.42 Å². The van der Waals surface area contributed by atoms with Crippen LogP contribution in [0.25, 0.3) is 0 Å². The zero-order valence-electron chi connectivity index (χ0n) is 17.8. The third kappa shape index (κ3) is 10.8. The van der Waals surface area contributed by atoms with Gasteiger partial charge < -0.3 is 19.9 Å². The molecule has 0 rings (SSSR count). The fourth-order valence-electron chi connectivity index (χ4n) is 2.57. The molecule has 27 heavy (non-hydrogen) atoms. The van der Waals surface area contributed by atoms with Gasteiger partial charge in [-0.15, -0.1) is 0 Å². The summed E-state index contributed by atoms with van der Waals surface area (Å²) >= 11 is 0. The van der Waals surface area contributed by atoms with Crippen molar-refractivity contribution in [2.75, 3.05) is 0 Å². The van der Waals surface area contributed by atoms with Crippen LogP contribution < -0.4 is 5.32 Å². The third-order valence-electron chi connectivity index (χ3n) is 4.43. The number of carboxylic acid groups (broad SMARTS) is 1. The highest BCUT2D eigenvalue weighted by atomic mass is 16.6. The minimum Gasteiger partial charge on any atom is -0.481 e. The van der Waals surface area contributed by atoms with Crippen LogP contribution in [0.5, 0.6) is 0 Å². The number of ether oxygens (including phenoxy) is 2. The molecule has 1 amide bonds. The molecule has 0 saturated carbocycles. The van der Waals surface area contributed by atoms with Gasteiger partial charge in [-0.1, -0.05) is 47.0 Å². The number of amides is 1. The number of aliphatic carboxylic acids is 1. The monoisotopic (exact) mass is 387 g/mol. The highest BCUT2D eigenvalue weighted by Crippen LogP contribution is 2.21. The molecule has 4 atom stereocenters. The zero-order valence-corrected chi connectivity index (χ0v) is 17.8. The lowest BCUT2D eigenvalue weighted by molar-refractivity contribution is -0.159. The predicted octanol–water partition coefficient (Wildman–Crippen LogP) is 4.14. The van der Waals surface area contributed by atoms with Gasteiger partial charge in [0, 0.05) is 0 Å². The van der Waals surface area contributed by atoms with Gasteiger partial charge in [0.25, 0.3) is 0 Å². The fourth-order valence-corrected chi connectivity index (χ4v) is 2.57. The molecule has 0 heterocycles. The van der Waals surface area contributed by atoms with Crippen LogP contribution in [0.2, 0.25) is 0 Å². The normalized spacial score (nSPS) is 16.0. The Labute approximate surface area is 163 Å². The maximum absolute atomic E-state index is 12.7. The van der Waals surface area contributed by atoms with Crippen LogP contribution in [0.3, 0.4) is 0 Å².